The highest BCUT2D eigenvalue weighted by Crippen LogP contribution is 2.22. The highest BCUT2D eigenvalue weighted by atomic mass is 16.5. The maximum Gasteiger partial charge on any atom is 0.120 e. The second-order valence-electron chi connectivity index (χ2n) is 4.09. The first-order valence-corrected chi connectivity index (χ1v) is 6.17. The maximum absolute atomic E-state index is 8.78. The molecule has 1 aromatic carbocycles. The van der Waals surface area contributed by atoms with Gasteiger partial charge in [-0.05, 0) is 44.0 Å². The Kier molecular flexibility index (Phi) is 4.04. The molecule has 3 heteroatoms. The fourth-order valence-corrected chi connectivity index (χ4v) is 2.02. The van der Waals surface area contributed by atoms with Crippen LogP contribution in [0.2, 0.25) is 0 Å². The van der Waals surface area contributed by atoms with E-state index < -0.39 is 0 Å². The number of rotatable bonds is 6. The van der Waals surface area contributed by atoms with Gasteiger partial charge in [-0.2, -0.15) is 0 Å². The van der Waals surface area contributed by atoms with Crippen molar-refractivity contribution in [3.8, 4) is 5.75 Å². The average molecular weight is 233 g/mol. The number of nitrogens with zero attached hydrogens (tertiary/aromatic N) is 1. The molecule has 3 nitrogen and oxygen atoms in total. The SMILES string of the molecule is CCOc1ccc2c(ccn2CCCCO)c1. The summed E-state index contributed by atoms with van der Waals surface area (Å²) in [7, 11) is 0. The number of aliphatic hydroxyl groups excluding tert-OH is 1. The van der Waals surface area contributed by atoms with E-state index in [9.17, 15) is 0 Å². The van der Waals surface area contributed by atoms with Gasteiger partial charge in [0.15, 0.2) is 0 Å². The molecule has 2 rings (SSSR count). The summed E-state index contributed by atoms with van der Waals surface area (Å²) >= 11 is 0. The second kappa shape index (κ2) is 5.73. The molecule has 17 heavy (non-hydrogen) atoms. The van der Waals surface area contributed by atoms with Crippen molar-refractivity contribution in [1.82, 2.24) is 4.57 Å². The molecule has 0 fully saturated rings. The molecule has 0 unspecified atom stereocenters. The average Bonchev–Trinajstić information content (AvgIpc) is 2.73. The standard InChI is InChI=1S/C14H19NO2/c1-2-17-13-5-6-14-12(11-13)7-9-15(14)8-3-4-10-16/h5-7,9,11,16H,2-4,8,10H2,1H3. The number of ether oxygens (including phenoxy) is 1. The Balaban J connectivity index is 2.16. The normalized spacial score (nSPS) is 10.9. The number of fused-ring (bicyclic) bond motifs is 1. The van der Waals surface area contributed by atoms with E-state index in [1.165, 1.54) is 10.9 Å². The zero-order valence-corrected chi connectivity index (χ0v) is 10.2. The Morgan fingerprint density at radius 3 is 2.88 bits per heavy atom. The van der Waals surface area contributed by atoms with Crippen molar-refractivity contribution in [2.45, 2.75) is 26.3 Å². The fourth-order valence-electron chi connectivity index (χ4n) is 2.02. The molecular formula is C14H19NO2. The van der Waals surface area contributed by atoms with Gasteiger partial charge in [0, 0.05) is 30.3 Å². The summed E-state index contributed by atoms with van der Waals surface area (Å²) in [5, 5.41) is 9.99. The minimum atomic E-state index is 0.272. The lowest BCUT2D eigenvalue weighted by molar-refractivity contribution is 0.281. The molecular weight excluding hydrogens is 214 g/mol. The van der Waals surface area contributed by atoms with Crippen molar-refractivity contribution in [2.75, 3.05) is 13.2 Å². The molecule has 2 aromatic rings. The minimum Gasteiger partial charge on any atom is -0.494 e. The summed E-state index contributed by atoms with van der Waals surface area (Å²) in [4.78, 5) is 0. The summed E-state index contributed by atoms with van der Waals surface area (Å²) in [5.41, 5.74) is 1.23. The minimum absolute atomic E-state index is 0.272. The summed E-state index contributed by atoms with van der Waals surface area (Å²) in [5.74, 6) is 0.924. The number of aliphatic hydroxyl groups is 1. The van der Waals surface area contributed by atoms with Crippen molar-refractivity contribution < 1.29 is 9.84 Å². The third-order valence-electron chi connectivity index (χ3n) is 2.86. The van der Waals surface area contributed by atoms with Crippen LogP contribution in [0, 0.1) is 0 Å². The molecule has 0 saturated heterocycles. The molecule has 0 amide bonds. The van der Waals surface area contributed by atoms with E-state index in [1.54, 1.807) is 0 Å². The number of aromatic nitrogens is 1. The van der Waals surface area contributed by atoms with Crippen LogP contribution < -0.4 is 4.74 Å². The Bertz CT molecular complexity index is 476. The van der Waals surface area contributed by atoms with E-state index in [1.807, 2.05) is 13.0 Å². The Hall–Kier alpha value is -1.48. The van der Waals surface area contributed by atoms with Gasteiger partial charge in [-0.3, -0.25) is 0 Å². The second-order valence-corrected chi connectivity index (χ2v) is 4.09. The van der Waals surface area contributed by atoms with E-state index in [0.717, 1.165) is 25.1 Å². The lowest BCUT2D eigenvalue weighted by atomic mass is 10.2. The molecule has 0 spiro atoms. The number of hydrogen-bond donors (Lipinski definition) is 1. The van der Waals surface area contributed by atoms with Gasteiger partial charge in [-0.25, -0.2) is 0 Å². The third kappa shape index (κ3) is 2.80. The highest BCUT2D eigenvalue weighted by molar-refractivity contribution is 5.81. The van der Waals surface area contributed by atoms with Crippen molar-refractivity contribution in [2.24, 2.45) is 0 Å². The van der Waals surface area contributed by atoms with Crippen molar-refractivity contribution in [1.29, 1.82) is 0 Å². The molecule has 0 radical (unpaired) electrons. The number of unbranched alkanes of at least 4 members (excludes halogenated alkanes) is 1. The fraction of sp³-hybridized carbons (Fsp3) is 0.429. The van der Waals surface area contributed by atoms with Gasteiger partial charge in [0.1, 0.15) is 5.75 Å². The number of hydrogen-bond acceptors (Lipinski definition) is 2. The van der Waals surface area contributed by atoms with E-state index in [2.05, 4.69) is 29.0 Å². The van der Waals surface area contributed by atoms with Gasteiger partial charge < -0.3 is 14.4 Å². The largest absolute Gasteiger partial charge is 0.494 e. The molecule has 0 saturated carbocycles. The first-order chi connectivity index (χ1) is 8.35. The molecule has 0 atom stereocenters. The van der Waals surface area contributed by atoms with Crippen LogP contribution in [0.15, 0.2) is 30.5 Å². The van der Waals surface area contributed by atoms with Gasteiger partial charge in [-0.15, -0.1) is 0 Å². The van der Waals surface area contributed by atoms with Gasteiger partial charge in [0.05, 0.1) is 6.61 Å². The van der Waals surface area contributed by atoms with E-state index in [4.69, 9.17) is 9.84 Å². The van der Waals surface area contributed by atoms with Crippen LogP contribution in [-0.4, -0.2) is 22.9 Å². The maximum atomic E-state index is 8.78. The first-order valence-electron chi connectivity index (χ1n) is 6.17. The Morgan fingerprint density at radius 2 is 2.12 bits per heavy atom. The van der Waals surface area contributed by atoms with Crippen LogP contribution in [0.1, 0.15) is 19.8 Å². The lowest BCUT2D eigenvalue weighted by Gasteiger charge is -2.06. The Morgan fingerprint density at radius 1 is 1.24 bits per heavy atom. The highest BCUT2D eigenvalue weighted by Gasteiger charge is 2.02. The van der Waals surface area contributed by atoms with Crippen LogP contribution in [0.4, 0.5) is 0 Å². The molecule has 1 N–H and O–H groups in total. The number of aryl methyl sites for hydroxylation is 1. The summed E-state index contributed by atoms with van der Waals surface area (Å²) in [6.45, 7) is 3.92. The van der Waals surface area contributed by atoms with E-state index in [0.29, 0.717) is 6.61 Å². The summed E-state index contributed by atoms with van der Waals surface area (Å²) < 4.78 is 7.70. The van der Waals surface area contributed by atoms with Crippen molar-refractivity contribution in [3.63, 3.8) is 0 Å². The van der Waals surface area contributed by atoms with Gasteiger partial charge in [-0.1, -0.05) is 0 Å². The van der Waals surface area contributed by atoms with Gasteiger partial charge >= 0.3 is 0 Å². The zero-order valence-electron chi connectivity index (χ0n) is 10.2. The van der Waals surface area contributed by atoms with Crippen molar-refractivity contribution >= 4 is 10.9 Å². The predicted octanol–water partition coefficient (Wildman–Crippen LogP) is 2.81. The molecule has 92 valence electrons. The summed E-state index contributed by atoms with van der Waals surface area (Å²) in [6, 6.07) is 8.28. The number of benzene rings is 1. The van der Waals surface area contributed by atoms with Crippen LogP contribution in [0.25, 0.3) is 10.9 Å². The van der Waals surface area contributed by atoms with E-state index in [-0.39, 0.29) is 6.61 Å². The summed E-state index contributed by atoms with van der Waals surface area (Å²) in [6.07, 6.45) is 3.96. The Labute approximate surface area is 102 Å². The molecule has 1 heterocycles. The topological polar surface area (TPSA) is 34.4 Å². The lowest BCUT2D eigenvalue weighted by Crippen LogP contribution is -1.97. The van der Waals surface area contributed by atoms with Crippen LogP contribution >= 0.6 is 0 Å². The third-order valence-corrected chi connectivity index (χ3v) is 2.86. The van der Waals surface area contributed by atoms with Gasteiger partial charge in [0.25, 0.3) is 0 Å². The molecule has 0 aliphatic carbocycles. The predicted molar refractivity (Wildman–Crippen MR) is 69.4 cm³/mol. The zero-order chi connectivity index (χ0) is 12.1. The monoisotopic (exact) mass is 233 g/mol. The van der Waals surface area contributed by atoms with Gasteiger partial charge in [0.2, 0.25) is 0 Å². The van der Waals surface area contributed by atoms with Crippen LogP contribution in [-0.2, 0) is 6.54 Å². The first kappa shape index (κ1) is 12.0. The quantitative estimate of drug-likeness (QED) is 0.778. The molecule has 0 bridgehead atoms. The molecule has 1 aromatic heterocycles. The van der Waals surface area contributed by atoms with Crippen LogP contribution in [0.5, 0.6) is 5.75 Å². The smallest absolute Gasteiger partial charge is 0.120 e. The van der Waals surface area contributed by atoms with E-state index >= 15 is 0 Å². The van der Waals surface area contributed by atoms with Crippen molar-refractivity contribution in [3.05, 3.63) is 30.5 Å². The molecule has 0 aliphatic heterocycles. The molecule has 0 aliphatic rings. The van der Waals surface area contributed by atoms with Crippen LogP contribution in [0.3, 0.4) is 0 Å².